The van der Waals surface area contributed by atoms with Crippen molar-refractivity contribution in [3.05, 3.63) is 131 Å². The van der Waals surface area contributed by atoms with Gasteiger partial charge in [-0.3, -0.25) is 13.9 Å². The molecule has 0 fully saturated rings. The van der Waals surface area contributed by atoms with Gasteiger partial charge in [0.2, 0.25) is 11.8 Å². The zero-order chi connectivity index (χ0) is 31.7. The summed E-state index contributed by atoms with van der Waals surface area (Å²) in [5.41, 5.74) is 1.37. The molecule has 44 heavy (non-hydrogen) atoms. The molecular weight excluding hydrogens is 584 g/mol. The zero-order valence-corrected chi connectivity index (χ0v) is 25.4. The molecule has 0 aliphatic rings. The Morgan fingerprint density at radius 3 is 2.07 bits per heavy atom. The van der Waals surface area contributed by atoms with Crippen molar-refractivity contribution in [2.24, 2.45) is 0 Å². The molecule has 0 saturated heterocycles. The van der Waals surface area contributed by atoms with Crippen LogP contribution in [0.15, 0.2) is 108 Å². The van der Waals surface area contributed by atoms with Gasteiger partial charge in [-0.25, -0.2) is 17.2 Å². The Labute approximate surface area is 257 Å². The van der Waals surface area contributed by atoms with Crippen LogP contribution < -0.4 is 9.62 Å². The van der Waals surface area contributed by atoms with Crippen molar-refractivity contribution in [3.63, 3.8) is 0 Å². The van der Waals surface area contributed by atoms with Gasteiger partial charge >= 0.3 is 0 Å². The number of para-hydroxylation sites is 1. The lowest BCUT2D eigenvalue weighted by molar-refractivity contribution is -0.140. The third-order valence-corrected chi connectivity index (χ3v) is 8.90. The topological polar surface area (TPSA) is 86.8 Å². The Kier molecular flexibility index (Phi) is 10.8. The number of aryl methyl sites for hydroxylation is 1. The molecule has 0 radical (unpaired) electrons. The number of sulfonamides is 1. The summed E-state index contributed by atoms with van der Waals surface area (Å²) in [5.74, 6) is -2.71. The maximum Gasteiger partial charge on any atom is 0.264 e. The van der Waals surface area contributed by atoms with Crippen LogP contribution in [0, 0.1) is 18.6 Å². The number of carbonyl (C=O) groups excluding carboxylic acids is 2. The summed E-state index contributed by atoms with van der Waals surface area (Å²) in [6.45, 7) is 2.87. The lowest BCUT2D eigenvalue weighted by Crippen LogP contribution is -2.53. The highest BCUT2D eigenvalue weighted by Gasteiger charge is 2.35. The van der Waals surface area contributed by atoms with Gasteiger partial charge < -0.3 is 10.2 Å². The quantitative estimate of drug-likeness (QED) is 0.210. The molecular formula is C34H35F2N3O4S. The molecule has 4 aromatic rings. The Morgan fingerprint density at radius 1 is 0.818 bits per heavy atom. The number of hydrogen-bond acceptors (Lipinski definition) is 4. The molecule has 230 valence electrons. The van der Waals surface area contributed by atoms with Crippen molar-refractivity contribution < 1.29 is 26.8 Å². The molecule has 0 saturated carbocycles. The molecule has 7 nitrogen and oxygen atoms in total. The molecule has 0 heterocycles. The Balaban J connectivity index is 1.81. The van der Waals surface area contributed by atoms with E-state index in [2.05, 4.69) is 5.32 Å². The molecule has 0 spiro atoms. The first-order valence-electron chi connectivity index (χ1n) is 14.3. The SMILES string of the molecule is CCCNC(=O)[C@H](Cc1ccccc1)N(Cc1ccccc1F)C(=O)CN(c1ccccc1F)S(=O)(=O)c1ccc(C)cc1. The first-order chi connectivity index (χ1) is 21.1. The monoisotopic (exact) mass is 619 g/mol. The summed E-state index contributed by atoms with van der Waals surface area (Å²) >= 11 is 0. The van der Waals surface area contributed by atoms with Crippen LogP contribution in [0.2, 0.25) is 0 Å². The number of hydrogen-bond donors (Lipinski definition) is 1. The zero-order valence-electron chi connectivity index (χ0n) is 24.6. The lowest BCUT2D eigenvalue weighted by Gasteiger charge is -2.34. The molecule has 10 heteroatoms. The number of halogens is 2. The lowest BCUT2D eigenvalue weighted by atomic mass is 10.0. The van der Waals surface area contributed by atoms with E-state index in [1.807, 2.05) is 13.0 Å². The molecule has 0 aromatic heterocycles. The van der Waals surface area contributed by atoms with E-state index in [1.165, 1.54) is 53.4 Å². The van der Waals surface area contributed by atoms with Gasteiger partial charge in [-0.15, -0.1) is 0 Å². The molecule has 0 unspecified atom stereocenters. The number of rotatable bonds is 13. The van der Waals surface area contributed by atoms with Crippen molar-refractivity contribution in [1.82, 2.24) is 10.2 Å². The average Bonchev–Trinajstić information content (AvgIpc) is 3.02. The normalized spacial score (nSPS) is 11.9. The number of nitrogens with one attached hydrogen (secondary N) is 1. The van der Waals surface area contributed by atoms with Gasteiger partial charge in [0.1, 0.15) is 24.2 Å². The minimum atomic E-state index is -4.45. The van der Waals surface area contributed by atoms with Crippen molar-refractivity contribution in [2.75, 3.05) is 17.4 Å². The van der Waals surface area contributed by atoms with E-state index in [9.17, 15) is 22.4 Å². The fraction of sp³-hybridized carbons (Fsp3) is 0.235. The van der Waals surface area contributed by atoms with Gasteiger partial charge in [-0.2, -0.15) is 0 Å². The van der Waals surface area contributed by atoms with Crippen molar-refractivity contribution in [3.8, 4) is 0 Å². The number of benzene rings is 4. The van der Waals surface area contributed by atoms with Crippen LogP contribution in [-0.4, -0.2) is 44.3 Å². The van der Waals surface area contributed by atoms with E-state index >= 15 is 4.39 Å². The van der Waals surface area contributed by atoms with E-state index in [4.69, 9.17) is 0 Å². The highest BCUT2D eigenvalue weighted by Crippen LogP contribution is 2.27. The van der Waals surface area contributed by atoms with E-state index in [0.717, 1.165) is 17.2 Å². The first kappa shape index (κ1) is 32.3. The molecule has 0 bridgehead atoms. The van der Waals surface area contributed by atoms with Gasteiger partial charge in [0, 0.05) is 25.1 Å². The molecule has 0 aliphatic carbocycles. The predicted molar refractivity (Wildman–Crippen MR) is 166 cm³/mol. The van der Waals surface area contributed by atoms with Crippen LogP contribution >= 0.6 is 0 Å². The van der Waals surface area contributed by atoms with Crippen LogP contribution in [0.5, 0.6) is 0 Å². The molecule has 0 aliphatic heterocycles. The number of carbonyl (C=O) groups is 2. The van der Waals surface area contributed by atoms with E-state index < -0.39 is 46.1 Å². The van der Waals surface area contributed by atoms with Crippen molar-refractivity contribution in [2.45, 2.75) is 44.2 Å². The second-order valence-corrected chi connectivity index (χ2v) is 12.2. The maximum absolute atomic E-state index is 15.2. The summed E-state index contributed by atoms with van der Waals surface area (Å²) in [6.07, 6.45) is 0.724. The number of nitrogens with zero attached hydrogens (tertiary/aromatic N) is 2. The summed E-state index contributed by atoms with van der Waals surface area (Å²) in [5, 5.41) is 2.83. The average molecular weight is 620 g/mol. The second kappa shape index (κ2) is 14.7. The largest absolute Gasteiger partial charge is 0.354 e. The van der Waals surface area contributed by atoms with Crippen LogP contribution in [-0.2, 0) is 32.6 Å². The Hall–Kier alpha value is -4.57. The van der Waals surface area contributed by atoms with Crippen molar-refractivity contribution >= 4 is 27.5 Å². The van der Waals surface area contributed by atoms with Crippen LogP contribution in [0.3, 0.4) is 0 Å². The molecule has 4 rings (SSSR count). The molecule has 4 aromatic carbocycles. The maximum atomic E-state index is 15.2. The summed E-state index contributed by atoms with van der Waals surface area (Å²) in [6, 6.07) is 25.0. The Morgan fingerprint density at radius 2 is 1.43 bits per heavy atom. The number of anilines is 1. The van der Waals surface area contributed by atoms with Gasteiger partial charge in [-0.05, 0) is 49.2 Å². The predicted octanol–water partition coefficient (Wildman–Crippen LogP) is 5.63. The molecule has 1 atom stereocenters. The minimum absolute atomic E-state index is 0.0843. The van der Waals surface area contributed by atoms with Crippen LogP contribution in [0.1, 0.15) is 30.0 Å². The highest BCUT2D eigenvalue weighted by molar-refractivity contribution is 7.92. The van der Waals surface area contributed by atoms with Gasteiger partial charge in [0.25, 0.3) is 10.0 Å². The smallest absolute Gasteiger partial charge is 0.264 e. The van der Waals surface area contributed by atoms with E-state index in [1.54, 1.807) is 49.4 Å². The third-order valence-electron chi connectivity index (χ3n) is 7.13. The second-order valence-electron chi connectivity index (χ2n) is 10.4. The van der Waals surface area contributed by atoms with E-state index in [0.29, 0.717) is 17.3 Å². The minimum Gasteiger partial charge on any atom is -0.354 e. The standard InChI is InChI=1S/C34H35F2N3O4S/c1-3-21-37-34(41)32(22-26-11-5-4-6-12-26)38(23-27-13-7-8-14-29(27)35)33(40)24-39(31-16-10-9-15-30(31)36)44(42,43)28-19-17-25(2)18-20-28/h4-20,32H,3,21-24H2,1-2H3,(H,37,41)/t32-/m0/s1. The van der Waals surface area contributed by atoms with E-state index in [-0.39, 0.29) is 29.1 Å². The van der Waals surface area contributed by atoms with Gasteiger partial charge in [0.05, 0.1) is 10.6 Å². The Bertz CT molecular complexity index is 1680. The first-order valence-corrected chi connectivity index (χ1v) is 15.7. The number of amides is 2. The van der Waals surface area contributed by atoms with Gasteiger partial charge in [-0.1, -0.05) is 85.3 Å². The van der Waals surface area contributed by atoms with Crippen LogP contribution in [0.4, 0.5) is 14.5 Å². The summed E-state index contributed by atoms with van der Waals surface area (Å²) < 4.78 is 58.7. The molecule has 2 amide bonds. The molecule has 1 N–H and O–H groups in total. The highest BCUT2D eigenvalue weighted by atomic mass is 32.2. The van der Waals surface area contributed by atoms with Crippen LogP contribution in [0.25, 0.3) is 0 Å². The summed E-state index contributed by atoms with van der Waals surface area (Å²) in [7, 11) is -4.45. The van der Waals surface area contributed by atoms with Crippen molar-refractivity contribution in [1.29, 1.82) is 0 Å². The fourth-order valence-electron chi connectivity index (χ4n) is 4.73. The fourth-order valence-corrected chi connectivity index (χ4v) is 6.16. The summed E-state index contributed by atoms with van der Waals surface area (Å²) in [4.78, 5) is 28.9. The van der Waals surface area contributed by atoms with Gasteiger partial charge in [0.15, 0.2) is 0 Å². The third kappa shape index (κ3) is 7.87.